The summed E-state index contributed by atoms with van der Waals surface area (Å²) in [5, 5.41) is 0. The first kappa shape index (κ1) is 17.5. The lowest BCUT2D eigenvalue weighted by molar-refractivity contribution is -0.125. The number of amides is 1. The summed E-state index contributed by atoms with van der Waals surface area (Å²) in [5.41, 5.74) is 0. The van der Waals surface area contributed by atoms with Gasteiger partial charge in [0, 0.05) is 19.5 Å². The SMILES string of the molecule is CCCCCCCCCCCCCCCC(=O)N1CC1. The highest BCUT2D eigenvalue weighted by Crippen LogP contribution is 2.14. The highest BCUT2D eigenvalue weighted by atomic mass is 16.2. The van der Waals surface area contributed by atoms with Crippen LogP contribution in [0.5, 0.6) is 0 Å². The molecule has 1 aliphatic rings. The zero-order valence-corrected chi connectivity index (χ0v) is 13.7. The summed E-state index contributed by atoms with van der Waals surface area (Å²) in [4.78, 5) is 13.4. The van der Waals surface area contributed by atoms with Crippen molar-refractivity contribution in [1.29, 1.82) is 0 Å². The van der Waals surface area contributed by atoms with Gasteiger partial charge in [-0.25, -0.2) is 0 Å². The van der Waals surface area contributed by atoms with Crippen molar-refractivity contribution >= 4 is 5.91 Å². The van der Waals surface area contributed by atoms with E-state index in [1.165, 1.54) is 77.0 Å². The van der Waals surface area contributed by atoms with Gasteiger partial charge >= 0.3 is 0 Å². The molecule has 0 bridgehead atoms. The van der Waals surface area contributed by atoms with Crippen molar-refractivity contribution in [3.8, 4) is 0 Å². The quantitative estimate of drug-likeness (QED) is 0.312. The van der Waals surface area contributed by atoms with Gasteiger partial charge in [-0.3, -0.25) is 4.79 Å². The molecule has 1 heterocycles. The van der Waals surface area contributed by atoms with E-state index < -0.39 is 0 Å². The molecule has 0 unspecified atom stereocenters. The Morgan fingerprint density at radius 3 is 1.50 bits per heavy atom. The van der Waals surface area contributed by atoms with Gasteiger partial charge in [0.25, 0.3) is 0 Å². The molecule has 1 amide bonds. The Hall–Kier alpha value is -0.530. The molecule has 1 fully saturated rings. The lowest BCUT2D eigenvalue weighted by atomic mass is 10.0. The number of carbonyl (C=O) groups excluding carboxylic acids is 1. The summed E-state index contributed by atoms with van der Waals surface area (Å²) in [6, 6.07) is 0. The fourth-order valence-electron chi connectivity index (χ4n) is 2.75. The Kier molecular flexibility index (Phi) is 10.7. The predicted molar refractivity (Wildman–Crippen MR) is 86.9 cm³/mol. The van der Waals surface area contributed by atoms with Crippen molar-refractivity contribution < 1.29 is 4.79 Å². The van der Waals surface area contributed by atoms with E-state index >= 15 is 0 Å². The first-order valence-corrected chi connectivity index (χ1v) is 9.12. The van der Waals surface area contributed by atoms with Crippen LogP contribution in [0, 0.1) is 0 Å². The van der Waals surface area contributed by atoms with E-state index in [1.807, 2.05) is 4.90 Å². The molecular formula is C18H35NO. The van der Waals surface area contributed by atoms with E-state index in [0.29, 0.717) is 5.91 Å². The van der Waals surface area contributed by atoms with Crippen LogP contribution in [-0.4, -0.2) is 23.9 Å². The average molecular weight is 281 g/mol. The maximum atomic E-state index is 11.4. The Bertz CT molecular complexity index is 236. The van der Waals surface area contributed by atoms with Crippen molar-refractivity contribution in [2.45, 2.75) is 96.8 Å². The van der Waals surface area contributed by atoms with E-state index in [1.54, 1.807) is 0 Å². The third-order valence-electron chi connectivity index (χ3n) is 4.29. The molecule has 0 N–H and O–H groups in total. The smallest absolute Gasteiger partial charge is 0.222 e. The summed E-state index contributed by atoms with van der Waals surface area (Å²) in [7, 11) is 0. The minimum absolute atomic E-state index is 0.382. The largest absolute Gasteiger partial charge is 0.339 e. The van der Waals surface area contributed by atoms with Crippen LogP contribution in [0.4, 0.5) is 0 Å². The highest BCUT2D eigenvalue weighted by Gasteiger charge is 2.22. The number of unbranched alkanes of at least 4 members (excludes halogenated alkanes) is 12. The van der Waals surface area contributed by atoms with Gasteiger partial charge in [-0.2, -0.15) is 0 Å². The van der Waals surface area contributed by atoms with Crippen LogP contribution >= 0.6 is 0 Å². The van der Waals surface area contributed by atoms with Gasteiger partial charge < -0.3 is 4.90 Å². The molecular weight excluding hydrogens is 246 g/mol. The van der Waals surface area contributed by atoms with Gasteiger partial charge in [-0.05, 0) is 6.42 Å². The van der Waals surface area contributed by atoms with Crippen molar-refractivity contribution in [3.05, 3.63) is 0 Å². The molecule has 0 atom stereocenters. The van der Waals surface area contributed by atoms with Crippen LogP contribution in [0.25, 0.3) is 0 Å². The minimum Gasteiger partial charge on any atom is -0.339 e. The van der Waals surface area contributed by atoms with E-state index in [-0.39, 0.29) is 0 Å². The lowest BCUT2D eigenvalue weighted by Gasteiger charge is -2.03. The van der Waals surface area contributed by atoms with Crippen LogP contribution in [0.2, 0.25) is 0 Å². The van der Waals surface area contributed by atoms with Crippen LogP contribution < -0.4 is 0 Å². The number of hydrogen-bond acceptors (Lipinski definition) is 1. The monoisotopic (exact) mass is 281 g/mol. The predicted octanol–water partition coefficient (Wildman–Crippen LogP) is 5.31. The molecule has 0 saturated carbocycles. The Morgan fingerprint density at radius 2 is 1.10 bits per heavy atom. The molecule has 1 rings (SSSR count). The Labute approximate surface area is 126 Å². The van der Waals surface area contributed by atoms with Crippen molar-refractivity contribution in [2.75, 3.05) is 13.1 Å². The third-order valence-corrected chi connectivity index (χ3v) is 4.29. The molecule has 2 nitrogen and oxygen atoms in total. The van der Waals surface area contributed by atoms with Gasteiger partial charge in [0.15, 0.2) is 0 Å². The lowest BCUT2D eigenvalue weighted by Crippen LogP contribution is -2.09. The first-order valence-electron chi connectivity index (χ1n) is 9.12. The third kappa shape index (κ3) is 10.3. The second-order valence-corrected chi connectivity index (χ2v) is 6.37. The zero-order chi connectivity index (χ0) is 14.5. The molecule has 1 aliphatic heterocycles. The first-order chi connectivity index (χ1) is 9.84. The van der Waals surface area contributed by atoms with Crippen LogP contribution in [0.15, 0.2) is 0 Å². The van der Waals surface area contributed by atoms with E-state index in [0.717, 1.165) is 25.9 Å². The van der Waals surface area contributed by atoms with Gasteiger partial charge in [-0.1, -0.05) is 84.0 Å². The summed E-state index contributed by atoms with van der Waals surface area (Å²) in [6.45, 7) is 4.30. The molecule has 0 spiro atoms. The Balaban J connectivity index is 1.67. The second kappa shape index (κ2) is 12.2. The number of carbonyl (C=O) groups is 1. The maximum Gasteiger partial charge on any atom is 0.222 e. The standard InChI is InChI=1S/C18H35NO/c1-2-3-4-5-6-7-8-9-10-11-12-13-14-15-18(20)19-16-17-19/h2-17H2,1H3. The normalized spacial score (nSPS) is 13.8. The molecule has 20 heavy (non-hydrogen) atoms. The van der Waals surface area contributed by atoms with Crippen LogP contribution in [0.3, 0.4) is 0 Å². The summed E-state index contributed by atoms with van der Waals surface area (Å²) < 4.78 is 0. The number of hydrogen-bond donors (Lipinski definition) is 0. The van der Waals surface area contributed by atoms with E-state index in [2.05, 4.69) is 6.92 Å². The van der Waals surface area contributed by atoms with Crippen LogP contribution in [-0.2, 0) is 4.79 Å². The van der Waals surface area contributed by atoms with E-state index in [4.69, 9.17) is 0 Å². The number of nitrogens with zero attached hydrogens (tertiary/aromatic N) is 1. The highest BCUT2D eigenvalue weighted by molar-refractivity contribution is 5.78. The van der Waals surface area contributed by atoms with Crippen molar-refractivity contribution in [2.24, 2.45) is 0 Å². The molecule has 1 saturated heterocycles. The van der Waals surface area contributed by atoms with Gasteiger partial charge in [0.1, 0.15) is 0 Å². The molecule has 2 heteroatoms. The average Bonchev–Trinajstić information content (AvgIpc) is 3.28. The molecule has 118 valence electrons. The summed E-state index contributed by atoms with van der Waals surface area (Å²) >= 11 is 0. The minimum atomic E-state index is 0.382. The summed E-state index contributed by atoms with van der Waals surface area (Å²) in [6.07, 6.45) is 18.6. The Morgan fingerprint density at radius 1 is 0.700 bits per heavy atom. The fraction of sp³-hybridized carbons (Fsp3) is 0.944. The second-order valence-electron chi connectivity index (χ2n) is 6.37. The van der Waals surface area contributed by atoms with Crippen molar-refractivity contribution in [1.82, 2.24) is 4.90 Å². The van der Waals surface area contributed by atoms with Gasteiger partial charge in [0.05, 0.1) is 0 Å². The molecule has 0 aliphatic carbocycles. The number of rotatable bonds is 14. The topological polar surface area (TPSA) is 20.1 Å². The molecule has 0 aromatic rings. The maximum absolute atomic E-state index is 11.4. The van der Waals surface area contributed by atoms with Gasteiger partial charge in [-0.15, -0.1) is 0 Å². The fourth-order valence-corrected chi connectivity index (χ4v) is 2.75. The van der Waals surface area contributed by atoms with E-state index in [9.17, 15) is 4.79 Å². The summed E-state index contributed by atoms with van der Waals surface area (Å²) in [5.74, 6) is 0.382. The van der Waals surface area contributed by atoms with Gasteiger partial charge in [0.2, 0.25) is 5.91 Å². The van der Waals surface area contributed by atoms with Crippen LogP contribution in [0.1, 0.15) is 96.8 Å². The molecule has 0 aromatic heterocycles. The van der Waals surface area contributed by atoms with Crippen molar-refractivity contribution in [3.63, 3.8) is 0 Å². The molecule has 0 radical (unpaired) electrons. The zero-order valence-electron chi connectivity index (χ0n) is 13.7. The molecule has 0 aromatic carbocycles.